The van der Waals surface area contributed by atoms with Gasteiger partial charge >= 0.3 is 5.97 Å². The van der Waals surface area contributed by atoms with E-state index in [0.29, 0.717) is 6.42 Å². The Balaban J connectivity index is 2.75. The van der Waals surface area contributed by atoms with Crippen molar-refractivity contribution in [3.8, 4) is 0 Å². The number of anilines is 1. The zero-order valence-electron chi connectivity index (χ0n) is 9.67. The second kappa shape index (κ2) is 6.33. The van der Waals surface area contributed by atoms with Crippen molar-refractivity contribution in [3.63, 3.8) is 0 Å². The Morgan fingerprint density at radius 2 is 2.17 bits per heavy atom. The van der Waals surface area contributed by atoms with Crippen LogP contribution in [-0.2, 0) is 4.79 Å². The number of nitrogen functional groups attached to an aromatic ring is 1. The summed E-state index contributed by atoms with van der Waals surface area (Å²) in [6.45, 7) is 3.50. The van der Waals surface area contributed by atoms with E-state index in [-0.39, 0.29) is 17.9 Å². The van der Waals surface area contributed by atoms with Crippen molar-refractivity contribution in [2.24, 2.45) is 0 Å². The number of carboxylic acids is 1. The van der Waals surface area contributed by atoms with Crippen LogP contribution in [0.25, 0.3) is 0 Å². The molecule has 7 nitrogen and oxygen atoms in total. The summed E-state index contributed by atoms with van der Waals surface area (Å²) in [6.07, 6.45) is 4.97. The second-order valence-corrected chi connectivity index (χ2v) is 3.52. The molecule has 7 heteroatoms. The number of nitrogens with one attached hydrogen (secondary N) is 1. The summed E-state index contributed by atoms with van der Waals surface area (Å²) in [7, 11) is 0. The highest BCUT2D eigenvalue weighted by atomic mass is 16.4. The van der Waals surface area contributed by atoms with Crippen LogP contribution in [0, 0.1) is 0 Å². The summed E-state index contributed by atoms with van der Waals surface area (Å²) in [5.74, 6) is -1.81. The fourth-order valence-electron chi connectivity index (χ4n) is 1.29. The lowest BCUT2D eigenvalue weighted by atomic mass is 10.1. The molecule has 0 aliphatic carbocycles. The third-order valence-corrected chi connectivity index (χ3v) is 2.20. The molecule has 1 heterocycles. The first-order valence-corrected chi connectivity index (χ1v) is 5.27. The van der Waals surface area contributed by atoms with Gasteiger partial charge in [0.2, 0.25) is 0 Å². The number of nitrogens with two attached hydrogens (primary N) is 1. The minimum Gasteiger partial charge on any atom is -0.480 e. The van der Waals surface area contributed by atoms with Crippen LogP contribution >= 0.6 is 0 Å². The minimum absolute atomic E-state index is 0.0390. The van der Waals surface area contributed by atoms with Gasteiger partial charge in [0.1, 0.15) is 6.04 Å². The van der Waals surface area contributed by atoms with Crippen molar-refractivity contribution in [1.29, 1.82) is 0 Å². The number of carbonyl (C=O) groups is 2. The van der Waals surface area contributed by atoms with E-state index >= 15 is 0 Å². The number of aromatic nitrogens is 2. The van der Waals surface area contributed by atoms with Gasteiger partial charge in [-0.15, -0.1) is 6.58 Å². The van der Waals surface area contributed by atoms with E-state index in [1.807, 2.05) is 0 Å². The van der Waals surface area contributed by atoms with E-state index < -0.39 is 17.9 Å². The van der Waals surface area contributed by atoms with E-state index in [1.165, 1.54) is 12.4 Å². The molecular formula is C11H14N4O3. The van der Waals surface area contributed by atoms with Gasteiger partial charge in [-0.1, -0.05) is 6.08 Å². The first-order chi connectivity index (χ1) is 8.56. The van der Waals surface area contributed by atoms with E-state index in [9.17, 15) is 9.59 Å². The Morgan fingerprint density at radius 1 is 1.50 bits per heavy atom. The first-order valence-electron chi connectivity index (χ1n) is 5.27. The van der Waals surface area contributed by atoms with Crippen LogP contribution in [0.15, 0.2) is 25.0 Å². The van der Waals surface area contributed by atoms with E-state index in [1.54, 1.807) is 6.08 Å². The molecule has 1 aromatic rings. The molecule has 0 spiro atoms. The molecule has 0 bridgehead atoms. The summed E-state index contributed by atoms with van der Waals surface area (Å²) >= 11 is 0. The third kappa shape index (κ3) is 3.55. The van der Waals surface area contributed by atoms with Crippen molar-refractivity contribution >= 4 is 17.7 Å². The summed E-state index contributed by atoms with van der Waals surface area (Å²) in [6, 6.07) is -1.00. The van der Waals surface area contributed by atoms with Crippen LogP contribution in [0.4, 0.5) is 5.82 Å². The highest BCUT2D eigenvalue weighted by molar-refractivity contribution is 5.98. The molecule has 0 aliphatic rings. The monoisotopic (exact) mass is 250 g/mol. The van der Waals surface area contributed by atoms with Gasteiger partial charge in [0, 0.05) is 12.4 Å². The van der Waals surface area contributed by atoms with Gasteiger partial charge in [0.05, 0.1) is 0 Å². The summed E-state index contributed by atoms with van der Waals surface area (Å²) in [5, 5.41) is 11.3. The van der Waals surface area contributed by atoms with Gasteiger partial charge in [0.15, 0.2) is 11.5 Å². The van der Waals surface area contributed by atoms with Gasteiger partial charge in [-0.05, 0) is 12.8 Å². The van der Waals surface area contributed by atoms with Gasteiger partial charge < -0.3 is 16.2 Å². The normalized spacial score (nSPS) is 11.6. The lowest BCUT2D eigenvalue weighted by molar-refractivity contribution is -0.139. The lowest BCUT2D eigenvalue weighted by Gasteiger charge is -2.13. The number of nitrogens with zero attached hydrogens (tertiary/aromatic N) is 2. The van der Waals surface area contributed by atoms with Crippen LogP contribution in [0.3, 0.4) is 0 Å². The Morgan fingerprint density at radius 3 is 2.72 bits per heavy atom. The molecule has 0 aromatic carbocycles. The zero-order valence-corrected chi connectivity index (χ0v) is 9.67. The number of hydrogen-bond acceptors (Lipinski definition) is 5. The molecule has 0 radical (unpaired) electrons. The van der Waals surface area contributed by atoms with E-state index in [2.05, 4.69) is 21.9 Å². The average Bonchev–Trinajstić information content (AvgIpc) is 2.34. The molecule has 1 atom stereocenters. The molecule has 1 rings (SSSR count). The molecule has 0 saturated heterocycles. The average molecular weight is 250 g/mol. The molecule has 0 fully saturated rings. The Kier molecular flexibility index (Phi) is 4.79. The summed E-state index contributed by atoms with van der Waals surface area (Å²) in [5.41, 5.74) is 5.39. The molecule has 18 heavy (non-hydrogen) atoms. The summed E-state index contributed by atoms with van der Waals surface area (Å²) in [4.78, 5) is 30.2. The number of hydrogen-bond donors (Lipinski definition) is 3. The Hall–Kier alpha value is -2.44. The quantitative estimate of drug-likeness (QED) is 0.621. The number of carbonyl (C=O) groups excluding carboxylic acids is 1. The lowest BCUT2D eigenvalue weighted by Crippen LogP contribution is -2.41. The van der Waals surface area contributed by atoms with Gasteiger partial charge in [-0.25, -0.2) is 14.8 Å². The number of allylic oxidation sites excluding steroid dienone is 1. The second-order valence-electron chi connectivity index (χ2n) is 3.52. The number of amides is 1. The van der Waals surface area contributed by atoms with E-state index in [0.717, 1.165) is 0 Å². The van der Waals surface area contributed by atoms with Crippen LogP contribution in [-0.4, -0.2) is 33.0 Å². The van der Waals surface area contributed by atoms with Crippen molar-refractivity contribution < 1.29 is 14.7 Å². The SMILES string of the molecule is C=CCCC(NC(=O)c1nccnc1N)C(=O)O. The van der Waals surface area contributed by atoms with Crippen molar-refractivity contribution in [2.45, 2.75) is 18.9 Å². The van der Waals surface area contributed by atoms with Crippen LogP contribution in [0.1, 0.15) is 23.3 Å². The van der Waals surface area contributed by atoms with Crippen molar-refractivity contribution in [3.05, 3.63) is 30.7 Å². The number of carboxylic acid groups (broad SMARTS) is 1. The first kappa shape index (κ1) is 13.6. The molecule has 1 amide bonds. The number of rotatable bonds is 6. The highest BCUT2D eigenvalue weighted by Gasteiger charge is 2.21. The molecule has 1 aromatic heterocycles. The topological polar surface area (TPSA) is 118 Å². The van der Waals surface area contributed by atoms with Gasteiger partial charge in [-0.3, -0.25) is 4.79 Å². The fourth-order valence-corrected chi connectivity index (χ4v) is 1.29. The van der Waals surface area contributed by atoms with Gasteiger partial charge in [-0.2, -0.15) is 0 Å². The zero-order chi connectivity index (χ0) is 13.5. The highest BCUT2D eigenvalue weighted by Crippen LogP contribution is 2.05. The maximum Gasteiger partial charge on any atom is 0.326 e. The Bertz CT molecular complexity index is 461. The maximum absolute atomic E-state index is 11.8. The third-order valence-electron chi connectivity index (χ3n) is 2.20. The maximum atomic E-state index is 11.8. The van der Waals surface area contributed by atoms with Crippen LogP contribution in [0.5, 0.6) is 0 Å². The molecule has 0 aliphatic heterocycles. The summed E-state index contributed by atoms with van der Waals surface area (Å²) < 4.78 is 0. The standard InChI is InChI=1S/C11H14N4O3/c1-2-3-4-7(11(17)18)15-10(16)8-9(12)14-6-5-13-8/h2,5-7H,1,3-4H2,(H2,12,14)(H,15,16)(H,17,18). The number of aliphatic carboxylic acids is 1. The largest absolute Gasteiger partial charge is 0.480 e. The molecule has 1 unspecified atom stereocenters. The molecule has 4 N–H and O–H groups in total. The van der Waals surface area contributed by atoms with Crippen LogP contribution in [0.2, 0.25) is 0 Å². The van der Waals surface area contributed by atoms with Crippen molar-refractivity contribution in [1.82, 2.24) is 15.3 Å². The Labute approximate surface area is 104 Å². The van der Waals surface area contributed by atoms with Crippen LogP contribution < -0.4 is 11.1 Å². The van der Waals surface area contributed by atoms with Gasteiger partial charge in [0.25, 0.3) is 5.91 Å². The van der Waals surface area contributed by atoms with Crippen molar-refractivity contribution in [2.75, 3.05) is 5.73 Å². The molecular weight excluding hydrogens is 236 g/mol. The molecule has 96 valence electrons. The predicted octanol–water partition coefficient (Wildman–Crippen LogP) is 0.208. The van der Waals surface area contributed by atoms with E-state index in [4.69, 9.17) is 10.8 Å². The minimum atomic E-state index is -1.12. The molecule has 0 saturated carbocycles. The predicted molar refractivity (Wildman–Crippen MR) is 64.8 cm³/mol. The smallest absolute Gasteiger partial charge is 0.326 e. The fraction of sp³-hybridized carbons (Fsp3) is 0.273.